The van der Waals surface area contributed by atoms with Gasteiger partial charge in [0.2, 0.25) is 0 Å². The smallest absolute Gasteiger partial charge is 0.164 e. The molecule has 0 amide bonds. The SMILES string of the molecule is c1ccc(-c2nc(-c3ccccc3)nc(-c3cccc4sc5cc(N(c6ccccc6)c6cccc7ccccc67)ccc5c34)n2)cc1. The molecule has 2 heterocycles. The third kappa shape index (κ3) is 4.98. The van der Waals surface area contributed by atoms with E-state index in [1.54, 1.807) is 11.3 Å². The minimum absolute atomic E-state index is 0.659. The molecule has 0 saturated carbocycles. The Balaban J connectivity index is 1.24. The zero-order chi connectivity index (χ0) is 31.9. The number of benzene rings is 7. The van der Waals surface area contributed by atoms with Gasteiger partial charge in [-0.1, -0.05) is 133 Å². The number of hydrogen-bond acceptors (Lipinski definition) is 5. The second-order valence-corrected chi connectivity index (χ2v) is 12.8. The summed E-state index contributed by atoms with van der Waals surface area (Å²) in [5, 5.41) is 4.76. The normalized spacial score (nSPS) is 11.3. The van der Waals surface area contributed by atoms with Crippen LogP contribution in [0.25, 0.3) is 65.1 Å². The third-order valence-corrected chi connectivity index (χ3v) is 9.82. The number of thiophene rings is 1. The van der Waals surface area contributed by atoms with Crippen LogP contribution in [-0.4, -0.2) is 15.0 Å². The Bertz CT molecular complexity index is 2500. The zero-order valence-corrected chi connectivity index (χ0v) is 26.7. The molecule has 4 nitrogen and oxygen atoms in total. The maximum atomic E-state index is 5.06. The fraction of sp³-hybridized carbons (Fsp3) is 0. The number of fused-ring (bicyclic) bond motifs is 4. The van der Waals surface area contributed by atoms with E-state index in [2.05, 4.69) is 114 Å². The second kappa shape index (κ2) is 11.9. The molecule has 0 bridgehead atoms. The van der Waals surface area contributed by atoms with Crippen molar-refractivity contribution in [2.75, 3.05) is 4.90 Å². The minimum Gasteiger partial charge on any atom is -0.310 e. The molecule has 0 spiro atoms. The molecule has 0 radical (unpaired) electrons. The van der Waals surface area contributed by atoms with Gasteiger partial charge in [0.1, 0.15) is 0 Å². The van der Waals surface area contributed by atoms with E-state index in [1.807, 2.05) is 60.7 Å². The Kier molecular flexibility index (Phi) is 6.95. The molecule has 0 N–H and O–H groups in total. The van der Waals surface area contributed by atoms with E-state index in [9.17, 15) is 0 Å². The standard InChI is InChI=1S/C43H28N4S/c1-4-15-30(16-5-1)41-44-42(31-17-6-2-7-18-31)46-43(45-41)36-23-13-25-38-40(36)35-27-26-33(28-39(35)48-38)47(32-20-8-3-9-21-32)37-24-12-19-29-14-10-11-22-34(29)37/h1-28H. The van der Waals surface area contributed by atoms with Gasteiger partial charge in [-0.2, -0.15) is 0 Å². The molecule has 0 fully saturated rings. The summed E-state index contributed by atoms with van der Waals surface area (Å²) < 4.78 is 2.40. The van der Waals surface area contributed by atoms with Crippen LogP contribution in [0.3, 0.4) is 0 Å². The van der Waals surface area contributed by atoms with Gasteiger partial charge in [-0.05, 0) is 41.8 Å². The van der Waals surface area contributed by atoms with Crippen LogP contribution >= 0.6 is 11.3 Å². The van der Waals surface area contributed by atoms with Gasteiger partial charge in [-0.25, -0.2) is 15.0 Å². The van der Waals surface area contributed by atoms with E-state index in [1.165, 1.54) is 25.6 Å². The first kappa shape index (κ1) is 28.1. The van der Waals surface area contributed by atoms with Crippen LogP contribution < -0.4 is 4.90 Å². The highest BCUT2D eigenvalue weighted by atomic mass is 32.1. The molecule has 0 aliphatic carbocycles. The Morgan fingerprint density at radius 3 is 1.75 bits per heavy atom. The number of anilines is 3. The second-order valence-electron chi connectivity index (χ2n) is 11.7. The van der Waals surface area contributed by atoms with Crippen LogP contribution in [0.1, 0.15) is 0 Å². The monoisotopic (exact) mass is 632 g/mol. The van der Waals surface area contributed by atoms with Crippen molar-refractivity contribution in [2.24, 2.45) is 0 Å². The Hall–Kier alpha value is -6.17. The fourth-order valence-electron chi connectivity index (χ4n) is 6.48. The lowest BCUT2D eigenvalue weighted by Gasteiger charge is -2.27. The van der Waals surface area contributed by atoms with Crippen LogP contribution in [-0.2, 0) is 0 Å². The topological polar surface area (TPSA) is 41.9 Å². The summed E-state index contributed by atoms with van der Waals surface area (Å²) in [6.45, 7) is 0. The molecule has 0 atom stereocenters. The van der Waals surface area contributed by atoms with Crippen LogP contribution in [0, 0.1) is 0 Å². The van der Waals surface area contributed by atoms with E-state index >= 15 is 0 Å². The Morgan fingerprint density at radius 2 is 1.02 bits per heavy atom. The maximum Gasteiger partial charge on any atom is 0.164 e. The van der Waals surface area contributed by atoms with E-state index in [0.717, 1.165) is 39.1 Å². The lowest BCUT2D eigenvalue weighted by molar-refractivity contribution is 1.08. The van der Waals surface area contributed by atoms with Gasteiger partial charge in [0, 0.05) is 53.6 Å². The zero-order valence-electron chi connectivity index (χ0n) is 25.9. The van der Waals surface area contributed by atoms with Crippen molar-refractivity contribution in [3.63, 3.8) is 0 Å². The van der Waals surface area contributed by atoms with E-state index in [0.29, 0.717) is 17.5 Å². The third-order valence-electron chi connectivity index (χ3n) is 8.70. The average Bonchev–Trinajstić information content (AvgIpc) is 3.54. The summed E-state index contributed by atoms with van der Waals surface area (Å²) in [6.07, 6.45) is 0. The molecule has 0 aliphatic heterocycles. The van der Waals surface area contributed by atoms with Gasteiger partial charge in [0.25, 0.3) is 0 Å². The maximum absolute atomic E-state index is 5.06. The molecule has 226 valence electrons. The van der Waals surface area contributed by atoms with Crippen molar-refractivity contribution < 1.29 is 0 Å². The highest BCUT2D eigenvalue weighted by molar-refractivity contribution is 7.26. The van der Waals surface area contributed by atoms with Gasteiger partial charge in [0.15, 0.2) is 17.5 Å². The molecule has 0 aliphatic rings. The average molecular weight is 633 g/mol. The fourth-order valence-corrected chi connectivity index (χ4v) is 7.64. The first-order valence-electron chi connectivity index (χ1n) is 16.0. The van der Waals surface area contributed by atoms with Gasteiger partial charge in [-0.15, -0.1) is 11.3 Å². The summed E-state index contributed by atoms with van der Waals surface area (Å²) >= 11 is 1.80. The number of nitrogens with zero attached hydrogens (tertiary/aromatic N) is 4. The summed E-state index contributed by atoms with van der Waals surface area (Å²) in [5.41, 5.74) is 6.28. The number of para-hydroxylation sites is 1. The van der Waals surface area contributed by atoms with E-state index in [4.69, 9.17) is 15.0 Å². The van der Waals surface area contributed by atoms with Crippen LogP contribution in [0.15, 0.2) is 170 Å². The van der Waals surface area contributed by atoms with Crippen LogP contribution in [0.4, 0.5) is 17.1 Å². The first-order chi connectivity index (χ1) is 23.8. The molecule has 9 rings (SSSR count). The predicted octanol–water partition coefficient (Wildman–Crippen LogP) is 11.9. The van der Waals surface area contributed by atoms with Crippen molar-refractivity contribution in [1.82, 2.24) is 15.0 Å². The van der Waals surface area contributed by atoms with Crippen molar-refractivity contribution in [2.45, 2.75) is 0 Å². The highest BCUT2D eigenvalue weighted by Crippen LogP contribution is 2.44. The van der Waals surface area contributed by atoms with Crippen molar-refractivity contribution in [3.05, 3.63) is 170 Å². The van der Waals surface area contributed by atoms with Gasteiger partial charge in [0.05, 0.1) is 5.69 Å². The molecule has 48 heavy (non-hydrogen) atoms. The molecular weight excluding hydrogens is 605 g/mol. The first-order valence-corrected chi connectivity index (χ1v) is 16.8. The lowest BCUT2D eigenvalue weighted by atomic mass is 10.0. The quantitative estimate of drug-likeness (QED) is 0.183. The molecule has 9 aromatic rings. The number of hydrogen-bond donors (Lipinski definition) is 0. The molecule has 2 aromatic heterocycles. The van der Waals surface area contributed by atoms with Crippen LogP contribution in [0.2, 0.25) is 0 Å². The highest BCUT2D eigenvalue weighted by Gasteiger charge is 2.19. The van der Waals surface area contributed by atoms with Gasteiger partial charge < -0.3 is 4.90 Å². The van der Waals surface area contributed by atoms with E-state index in [-0.39, 0.29) is 0 Å². The predicted molar refractivity (Wildman–Crippen MR) is 201 cm³/mol. The summed E-state index contributed by atoms with van der Waals surface area (Å²) in [5.74, 6) is 1.98. The Labute approximate surface area is 282 Å². The van der Waals surface area contributed by atoms with Crippen molar-refractivity contribution in [1.29, 1.82) is 0 Å². The number of aromatic nitrogens is 3. The molecule has 0 saturated heterocycles. The van der Waals surface area contributed by atoms with Gasteiger partial charge >= 0.3 is 0 Å². The summed E-state index contributed by atoms with van der Waals surface area (Å²) in [6, 6.07) is 59.2. The van der Waals surface area contributed by atoms with Gasteiger partial charge in [-0.3, -0.25) is 0 Å². The van der Waals surface area contributed by atoms with Crippen molar-refractivity contribution in [3.8, 4) is 34.2 Å². The molecule has 7 aromatic carbocycles. The minimum atomic E-state index is 0.659. The van der Waals surface area contributed by atoms with E-state index < -0.39 is 0 Å². The molecule has 0 unspecified atom stereocenters. The summed E-state index contributed by atoms with van der Waals surface area (Å²) in [7, 11) is 0. The summed E-state index contributed by atoms with van der Waals surface area (Å²) in [4.78, 5) is 17.4. The molecule has 5 heteroatoms. The lowest BCUT2D eigenvalue weighted by Crippen LogP contribution is -2.10. The largest absolute Gasteiger partial charge is 0.310 e. The molecular formula is C43H28N4S. The number of rotatable bonds is 6. The van der Waals surface area contributed by atoms with Crippen molar-refractivity contribution >= 4 is 59.3 Å². The Morgan fingerprint density at radius 1 is 0.417 bits per heavy atom. The van der Waals surface area contributed by atoms with Crippen LogP contribution in [0.5, 0.6) is 0 Å².